The molecule has 2 heteroatoms. The van der Waals surface area contributed by atoms with Crippen LogP contribution < -0.4 is 5.04 Å². The maximum Gasteiger partial charge on any atom is -0.0110 e. The van der Waals surface area contributed by atoms with Gasteiger partial charge in [-0.25, -0.2) is 0 Å². The van der Waals surface area contributed by atoms with Crippen molar-refractivity contribution in [2.24, 2.45) is 0 Å². The summed E-state index contributed by atoms with van der Waals surface area (Å²) in [4.78, 5) is 0. The first kappa shape index (κ1) is 7.32. The molecule has 1 rings (SSSR count). The van der Waals surface area contributed by atoms with Gasteiger partial charge in [-0.05, 0) is 23.4 Å². The van der Waals surface area contributed by atoms with Gasteiger partial charge in [0.1, 0.15) is 0 Å². The molecule has 2 unspecified atom stereocenters. The lowest BCUT2D eigenvalue weighted by Crippen LogP contribution is -1.78. The molecule has 0 saturated carbocycles. The first-order chi connectivity index (χ1) is 4.34. The third kappa shape index (κ3) is 1.81. The monoisotopic (exact) mass is 158 g/mol. The van der Waals surface area contributed by atoms with Gasteiger partial charge in [0.2, 0.25) is 0 Å². The van der Waals surface area contributed by atoms with Crippen LogP contribution in [0.1, 0.15) is 13.3 Å². The molecule has 2 atom stereocenters. The standard InChI is InChI=1S/C7H12P2/c1-2-5-9-6-3-4-7(9)8/h3-4,6H,2,5,8H2,1H3. The molecule has 50 valence electrons. The third-order valence-electron chi connectivity index (χ3n) is 1.33. The highest BCUT2D eigenvalue weighted by Gasteiger charge is 1.93. The summed E-state index contributed by atoms with van der Waals surface area (Å²) in [6, 6.07) is 4.37. The van der Waals surface area contributed by atoms with E-state index in [0.29, 0.717) is 0 Å². The second-order valence-electron chi connectivity index (χ2n) is 2.13. The molecule has 0 aliphatic carbocycles. The lowest BCUT2D eigenvalue weighted by atomic mass is 10.6. The van der Waals surface area contributed by atoms with Gasteiger partial charge in [0.25, 0.3) is 0 Å². The van der Waals surface area contributed by atoms with Crippen molar-refractivity contribution >= 4 is 21.8 Å². The molecule has 1 heterocycles. The Labute approximate surface area is 59.9 Å². The van der Waals surface area contributed by atoms with Crippen molar-refractivity contribution in [2.45, 2.75) is 19.5 Å². The van der Waals surface area contributed by atoms with E-state index in [2.05, 4.69) is 34.1 Å². The summed E-state index contributed by atoms with van der Waals surface area (Å²) in [7, 11) is 2.95. The van der Waals surface area contributed by atoms with E-state index in [9.17, 15) is 0 Å². The van der Waals surface area contributed by atoms with Crippen LogP contribution in [0, 0.1) is 0 Å². The molecule has 1 aromatic heterocycles. The zero-order valence-corrected chi connectivity index (χ0v) is 7.72. The predicted molar refractivity (Wildman–Crippen MR) is 48.8 cm³/mol. The van der Waals surface area contributed by atoms with Crippen molar-refractivity contribution in [2.75, 3.05) is 0 Å². The van der Waals surface area contributed by atoms with Crippen LogP contribution in [0.2, 0.25) is 0 Å². The Morgan fingerprint density at radius 2 is 2.44 bits per heavy atom. The van der Waals surface area contributed by atoms with Crippen LogP contribution in [0.5, 0.6) is 0 Å². The fourth-order valence-corrected chi connectivity index (χ4v) is 3.26. The molecule has 0 bridgehead atoms. The van der Waals surface area contributed by atoms with Gasteiger partial charge in [-0.3, -0.25) is 0 Å². The maximum absolute atomic E-state index is 2.81. The Hall–Kier alpha value is 0.210. The van der Waals surface area contributed by atoms with Crippen LogP contribution in [0.25, 0.3) is 0 Å². The molecule has 9 heavy (non-hydrogen) atoms. The van der Waals surface area contributed by atoms with Crippen LogP contribution in [-0.2, 0) is 6.16 Å². The number of rotatable bonds is 2. The van der Waals surface area contributed by atoms with E-state index in [1.807, 2.05) is 0 Å². The molecular weight excluding hydrogens is 146 g/mol. The summed E-state index contributed by atoms with van der Waals surface area (Å²) in [5.41, 5.74) is 0. The van der Waals surface area contributed by atoms with Gasteiger partial charge in [0, 0.05) is 0 Å². The first-order valence-electron chi connectivity index (χ1n) is 3.25. The molecule has 0 spiro atoms. The van der Waals surface area contributed by atoms with Gasteiger partial charge in [-0.2, -0.15) is 0 Å². The van der Waals surface area contributed by atoms with Crippen molar-refractivity contribution in [3.05, 3.63) is 17.9 Å². The largest absolute Gasteiger partial charge is 0.118 e. The van der Waals surface area contributed by atoms with Crippen molar-refractivity contribution < 1.29 is 0 Å². The Morgan fingerprint density at radius 3 is 2.89 bits per heavy atom. The normalized spacial score (nSPS) is 12.0. The molecule has 0 amide bonds. The zero-order chi connectivity index (χ0) is 6.69. The van der Waals surface area contributed by atoms with Crippen molar-refractivity contribution in [3.63, 3.8) is 0 Å². The molecule has 0 aliphatic heterocycles. The topological polar surface area (TPSA) is 0 Å². The van der Waals surface area contributed by atoms with Crippen LogP contribution in [-0.4, -0.2) is 0 Å². The first-order valence-corrected chi connectivity index (χ1v) is 5.42. The van der Waals surface area contributed by atoms with Gasteiger partial charge in [0.05, 0.1) is 0 Å². The van der Waals surface area contributed by atoms with Crippen LogP contribution in [0.3, 0.4) is 0 Å². The quantitative estimate of drug-likeness (QED) is 0.580. The minimum Gasteiger partial charge on any atom is -0.118 e. The fourth-order valence-electron chi connectivity index (χ4n) is 0.872. The van der Waals surface area contributed by atoms with Gasteiger partial charge < -0.3 is 0 Å². The average molecular weight is 158 g/mol. The van der Waals surface area contributed by atoms with E-state index < -0.39 is 0 Å². The van der Waals surface area contributed by atoms with Crippen molar-refractivity contribution in [1.29, 1.82) is 0 Å². The molecule has 0 aromatic carbocycles. The Balaban J connectivity index is 2.69. The Bertz CT molecular complexity index is 179. The highest BCUT2D eigenvalue weighted by Crippen LogP contribution is 2.28. The lowest BCUT2D eigenvalue weighted by molar-refractivity contribution is 1.03. The lowest BCUT2D eigenvalue weighted by Gasteiger charge is -1.95. The maximum atomic E-state index is 2.81. The highest BCUT2D eigenvalue weighted by molar-refractivity contribution is 7.63. The highest BCUT2D eigenvalue weighted by atomic mass is 31.1. The summed E-state index contributed by atoms with van der Waals surface area (Å²) in [6.45, 7) is 2.24. The van der Waals surface area contributed by atoms with Crippen molar-refractivity contribution in [1.82, 2.24) is 0 Å². The molecule has 0 nitrogen and oxygen atoms in total. The summed E-state index contributed by atoms with van der Waals surface area (Å²) < 4.78 is 0. The van der Waals surface area contributed by atoms with E-state index in [4.69, 9.17) is 0 Å². The number of hydrogen-bond donors (Lipinski definition) is 0. The molecular formula is C7H12P2. The molecule has 0 saturated heterocycles. The molecule has 0 fully saturated rings. The van der Waals surface area contributed by atoms with E-state index in [0.717, 1.165) is 0 Å². The van der Waals surface area contributed by atoms with Crippen LogP contribution >= 0.6 is 16.8 Å². The van der Waals surface area contributed by atoms with E-state index in [-0.39, 0.29) is 7.53 Å². The second kappa shape index (κ2) is 3.40. The molecule has 0 N–H and O–H groups in total. The van der Waals surface area contributed by atoms with Gasteiger partial charge >= 0.3 is 0 Å². The van der Waals surface area contributed by atoms with E-state index >= 15 is 0 Å². The number of aryl methyl sites for hydroxylation is 1. The zero-order valence-electron chi connectivity index (χ0n) is 5.67. The van der Waals surface area contributed by atoms with Gasteiger partial charge in [0.15, 0.2) is 0 Å². The SMILES string of the molecule is CCCp1cccc1P. The van der Waals surface area contributed by atoms with Crippen LogP contribution in [0.4, 0.5) is 0 Å². The smallest absolute Gasteiger partial charge is 0.0110 e. The Morgan fingerprint density at radius 1 is 1.67 bits per heavy atom. The molecule has 1 aromatic rings. The summed E-state index contributed by atoms with van der Waals surface area (Å²) in [5, 5.41) is 1.51. The van der Waals surface area contributed by atoms with Gasteiger partial charge in [-0.1, -0.05) is 19.1 Å². The van der Waals surface area contributed by atoms with Gasteiger partial charge in [-0.15, -0.1) is 16.8 Å². The summed E-state index contributed by atoms with van der Waals surface area (Å²) >= 11 is 0. The summed E-state index contributed by atoms with van der Waals surface area (Å²) in [6.07, 6.45) is 2.67. The molecule has 0 radical (unpaired) electrons. The van der Waals surface area contributed by atoms with E-state index in [1.165, 1.54) is 17.6 Å². The number of hydrogen-bond acceptors (Lipinski definition) is 0. The fraction of sp³-hybridized carbons (Fsp3) is 0.429. The average Bonchev–Trinajstić information content (AvgIpc) is 2.18. The Kier molecular flexibility index (Phi) is 2.76. The van der Waals surface area contributed by atoms with Crippen molar-refractivity contribution in [3.8, 4) is 0 Å². The van der Waals surface area contributed by atoms with E-state index in [1.54, 1.807) is 0 Å². The molecule has 0 aliphatic rings. The minimum atomic E-state index is 0.137. The summed E-state index contributed by atoms with van der Waals surface area (Å²) in [5.74, 6) is 2.33. The second-order valence-corrected chi connectivity index (χ2v) is 5.44. The minimum absolute atomic E-state index is 0.137. The third-order valence-corrected chi connectivity index (χ3v) is 4.79. The van der Waals surface area contributed by atoms with Crippen LogP contribution in [0.15, 0.2) is 17.9 Å². The predicted octanol–water partition coefficient (Wildman–Crippen LogP) is 2.58.